The number of aromatic hydroxyl groups is 1. The van der Waals surface area contributed by atoms with Crippen LogP contribution in [0.5, 0.6) is 5.75 Å². The fraction of sp³-hybridized carbons (Fsp3) is 0.100. The minimum absolute atomic E-state index is 0.0921. The van der Waals surface area contributed by atoms with E-state index in [-0.39, 0.29) is 22.8 Å². The van der Waals surface area contributed by atoms with Gasteiger partial charge in [-0.25, -0.2) is 8.78 Å². The summed E-state index contributed by atoms with van der Waals surface area (Å²) in [7, 11) is 1.56. The molecule has 0 aliphatic heterocycles. The zero-order valence-electron chi connectivity index (χ0n) is 8.41. The minimum atomic E-state index is -1.14. The molecule has 0 atom stereocenters. The largest absolute Gasteiger partial charge is 0.507 e. The van der Waals surface area contributed by atoms with E-state index in [4.69, 9.17) is 5.73 Å². The van der Waals surface area contributed by atoms with Crippen molar-refractivity contribution in [3.8, 4) is 17.0 Å². The highest BCUT2D eigenvalue weighted by Crippen LogP contribution is 2.32. The van der Waals surface area contributed by atoms with Crippen molar-refractivity contribution in [3.05, 3.63) is 29.8 Å². The first-order valence-electron chi connectivity index (χ1n) is 4.47. The maximum Gasteiger partial charge on any atom is 0.172 e. The van der Waals surface area contributed by atoms with E-state index < -0.39 is 11.6 Å². The number of anilines is 1. The molecule has 16 heavy (non-hydrogen) atoms. The van der Waals surface area contributed by atoms with Crippen LogP contribution in [-0.4, -0.2) is 14.9 Å². The first-order chi connectivity index (χ1) is 7.50. The predicted octanol–water partition coefficient (Wildman–Crippen LogP) is 1.65. The molecule has 84 valence electrons. The van der Waals surface area contributed by atoms with Crippen molar-refractivity contribution < 1.29 is 13.9 Å². The molecule has 0 fully saturated rings. The van der Waals surface area contributed by atoms with E-state index >= 15 is 0 Å². The van der Waals surface area contributed by atoms with Gasteiger partial charge in [-0.15, -0.1) is 0 Å². The van der Waals surface area contributed by atoms with Crippen LogP contribution in [0.1, 0.15) is 0 Å². The first kappa shape index (κ1) is 10.4. The van der Waals surface area contributed by atoms with Gasteiger partial charge in [-0.2, -0.15) is 5.10 Å². The van der Waals surface area contributed by atoms with E-state index in [0.29, 0.717) is 0 Å². The molecule has 0 aliphatic carbocycles. The average Bonchev–Trinajstić information content (AvgIpc) is 2.54. The number of halogens is 2. The Morgan fingerprint density at radius 3 is 2.62 bits per heavy atom. The predicted molar refractivity (Wildman–Crippen MR) is 54.6 cm³/mol. The van der Waals surface area contributed by atoms with Crippen molar-refractivity contribution >= 4 is 5.82 Å². The molecule has 1 heterocycles. The Morgan fingerprint density at radius 1 is 1.38 bits per heavy atom. The molecule has 0 saturated carbocycles. The summed E-state index contributed by atoms with van der Waals surface area (Å²) in [6.07, 6.45) is 0. The van der Waals surface area contributed by atoms with Gasteiger partial charge in [-0.3, -0.25) is 4.68 Å². The summed E-state index contributed by atoms with van der Waals surface area (Å²) in [6, 6.07) is 3.27. The van der Waals surface area contributed by atoms with Crippen LogP contribution in [0, 0.1) is 11.6 Å². The number of benzene rings is 1. The lowest BCUT2D eigenvalue weighted by molar-refractivity contribution is 0.458. The lowest BCUT2D eigenvalue weighted by Gasteiger charge is -2.03. The molecular weight excluding hydrogens is 216 g/mol. The maximum atomic E-state index is 13.5. The number of phenolic OH excluding ortho intramolecular Hbond substituents is 1. The molecule has 2 rings (SSSR count). The lowest BCUT2D eigenvalue weighted by Crippen LogP contribution is -1.97. The standard InChI is InChI=1S/C10H9F2N3O/c1-15-8(13)4-6(14-15)9-7(16)3-2-5(11)10(9)12/h2-4,16H,13H2,1H3. The number of aryl methyl sites for hydroxylation is 1. The molecule has 2 aromatic rings. The smallest absolute Gasteiger partial charge is 0.172 e. The molecule has 0 bridgehead atoms. The first-order valence-corrected chi connectivity index (χ1v) is 4.47. The Balaban J connectivity index is 2.68. The number of nitrogen functional groups attached to an aromatic ring is 1. The van der Waals surface area contributed by atoms with Crippen molar-refractivity contribution in [3.63, 3.8) is 0 Å². The second-order valence-corrected chi connectivity index (χ2v) is 3.33. The van der Waals surface area contributed by atoms with Gasteiger partial charge in [-0.1, -0.05) is 0 Å². The Kier molecular flexibility index (Phi) is 2.26. The van der Waals surface area contributed by atoms with Gasteiger partial charge in [0.25, 0.3) is 0 Å². The summed E-state index contributed by atoms with van der Waals surface area (Å²) < 4.78 is 27.8. The van der Waals surface area contributed by atoms with E-state index in [0.717, 1.165) is 12.1 Å². The SMILES string of the molecule is Cn1nc(-c2c(O)ccc(F)c2F)cc1N. The van der Waals surface area contributed by atoms with Crippen molar-refractivity contribution in [2.45, 2.75) is 0 Å². The molecule has 3 N–H and O–H groups in total. The second kappa shape index (κ2) is 3.48. The van der Waals surface area contributed by atoms with Gasteiger partial charge in [0, 0.05) is 13.1 Å². The van der Waals surface area contributed by atoms with Crippen molar-refractivity contribution in [1.29, 1.82) is 0 Å². The summed E-state index contributed by atoms with van der Waals surface area (Å²) in [5, 5.41) is 13.3. The van der Waals surface area contributed by atoms with Crippen LogP contribution >= 0.6 is 0 Å². The normalized spacial score (nSPS) is 10.7. The number of nitrogens with zero attached hydrogens (tertiary/aromatic N) is 2. The molecule has 4 nitrogen and oxygen atoms in total. The molecule has 6 heteroatoms. The Morgan fingerprint density at radius 2 is 2.06 bits per heavy atom. The summed E-state index contributed by atoms with van der Waals surface area (Å²) in [5.74, 6) is -2.27. The zero-order chi connectivity index (χ0) is 11.9. The van der Waals surface area contributed by atoms with Crippen LogP contribution in [0.3, 0.4) is 0 Å². The molecule has 1 aromatic heterocycles. The number of rotatable bonds is 1. The molecule has 0 aliphatic rings. The average molecular weight is 225 g/mol. The highest BCUT2D eigenvalue weighted by atomic mass is 19.2. The zero-order valence-corrected chi connectivity index (χ0v) is 8.41. The van der Waals surface area contributed by atoms with Gasteiger partial charge in [0.1, 0.15) is 17.3 Å². The maximum absolute atomic E-state index is 13.5. The Labute approximate surface area is 89.9 Å². The second-order valence-electron chi connectivity index (χ2n) is 3.33. The fourth-order valence-electron chi connectivity index (χ4n) is 1.39. The van der Waals surface area contributed by atoms with E-state index in [1.165, 1.54) is 10.7 Å². The number of phenols is 1. The monoisotopic (exact) mass is 225 g/mol. The number of nitrogens with two attached hydrogens (primary N) is 1. The molecule has 1 aromatic carbocycles. The van der Waals surface area contributed by atoms with Crippen molar-refractivity contribution in [2.24, 2.45) is 7.05 Å². The summed E-state index contributed by atoms with van der Waals surface area (Å²) in [5.41, 5.74) is 5.33. The number of aromatic nitrogens is 2. The Bertz CT molecular complexity index is 532. The fourth-order valence-corrected chi connectivity index (χ4v) is 1.39. The van der Waals surface area contributed by atoms with Gasteiger partial charge < -0.3 is 10.8 Å². The summed E-state index contributed by atoms with van der Waals surface area (Å²) in [6.45, 7) is 0. The van der Waals surface area contributed by atoms with E-state index in [2.05, 4.69) is 5.10 Å². The summed E-state index contributed by atoms with van der Waals surface area (Å²) in [4.78, 5) is 0. The highest BCUT2D eigenvalue weighted by Gasteiger charge is 2.18. The third kappa shape index (κ3) is 1.48. The summed E-state index contributed by atoms with van der Waals surface area (Å²) >= 11 is 0. The molecule has 0 saturated heterocycles. The van der Waals surface area contributed by atoms with Crippen LogP contribution in [0.2, 0.25) is 0 Å². The van der Waals surface area contributed by atoms with Gasteiger partial charge in [0.15, 0.2) is 11.6 Å². The topological polar surface area (TPSA) is 64.1 Å². The van der Waals surface area contributed by atoms with E-state index in [1.54, 1.807) is 7.05 Å². The molecule has 0 spiro atoms. The molecule has 0 amide bonds. The van der Waals surface area contributed by atoms with Crippen LogP contribution in [0.15, 0.2) is 18.2 Å². The molecular formula is C10H9F2N3O. The Hall–Kier alpha value is -2.11. The van der Waals surface area contributed by atoms with Crippen molar-refractivity contribution in [2.75, 3.05) is 5.73 Å². The molecule has 0 radical (unpaired) electrons. The van der Waals surface area contributed by atoms with Gasteiger partial charge in [-0.05, 0) is 12.1 Å². The lowest BCUT2D eigenvalue weighted by atomic mass is 10.1. The minimum Gasteiger partial charge on any atom is -0.507 e. The van der Waals surface area contributed by atoms with Crippen LogP contribution in [0.25, 0.3) is 11.3 Å². The third-order valence-electron chi connectivity index (χ3n) is 2.24. The van der Waals surface area contributed by atoms with E-state index in [1.807, 2.05) is 0 Å². The highest BCUT2D eigenvalue weighted by molar-refractivity contribution is 5.69. The van der Waals surface area contributed by atoms with Crippen molar-refractivity contribution in [1.82, 2.24) is 9.78 Å². The van der Waals surface area contributed by atoms with Crippen LogP contribution < -0.4 is 5.73 Å². The van der Waals surface area contributed by atoms with Gasteiger partial charge in [0.2, 0.25) is 0 Å². The van der Waals surface area contributed by atoms with Crippen LogP contribution in [0.4, 0.5) is 14.6 Å². The third-order valence-corrected chi connectivity index (χ3v) is 2.24. The number of hydrogen-bond donors (Lipinski definition) is 2. The van der Waals surface area contributed by atoms with Crippen LogP contribution in [-0.2, 0) is 7.05 Å². The number of hydrogen-bond acceptors (Lipinski definition) is 3. The van der Waals surface area contributed by atoms with E-state index in [9.17, 15) is 13.9 Å². The quantitative estimate of drug-likeness (QED) is 0.775. The van der Waals surface area contributed by atoms with Gasteiger partial charge in [0.05, 0.1) is 5.56 Å². The molecule has 0 unspecified atom stereocenters. The van der Waals surface area contributed by atoms with Gasteiger partial charge >= 0.3 is 0 Å².